The molecule has 0 heterocycles. The molecule has 0 saturated carbocycles. The minimum atomic E-state index is -3.58. The number of benzene rings is 1. The Labute approximate surface area is 167 Å². The monoisotopic (exact) mass is 399 g/mol. The molecule has 1 aromatic carbocycles. The molecular weight excluding hydrogens is 358 g/mol. The summed E-state index contributed by atoms with van der Waals surface area (Å²) in [6.45, 7) is 2.55. The van der Waals surface area contributed by atoms with Crippen molar-refractivity contribution in [2.24, 2.45) is 0 Å². The first-order valence-corrected chi connectivity index (χ1v) is 12.0. The van der Waals surface area contributed by atoms with E-state index in [4.69, 9.17) is 4.18 Å². The summed E-state index contributed by atoms with van der Waals surface area (Å²) in [6.07, 6.45) is 18.0. The van der Waals surface area contributed by atoms with Crippen molar-refractivity contribution in [3.05, 3.63) is 30.3 Å². The summed E-state index contributed by atoms with van der Waals surface area (Å²) in [6, 6.07) is 8.36. The molecule has 0 radical (unpaired) electrons. The predicted molar refractivity (Wildman–Crippen MR) is 115 cm³/mol. The standard InChI is InChI=1S/C22H38O3S.H3N/c1-2-3-4-5-6-7-8-9-10-11-12-13-14-18-21-25-26(23,24)22-19-16-15-17-20-22;/h15-17,19-20H,2-14,18,21H2,1H3;1H3. The van der Waals surface area contributed by atoms with Gasteiger partial charge >= 0.3 is 0 Å². The number of unbranched alkanes of at least 4 members (excludes halogenated alkanes) is 13. The topological polar surface area (TPSA) is 78.4 Å². The molecule has 1 aromatic rings. The molecule has 4 nitrogen and oxygen atoms in total. The average Bonchev–Trinajstić information content (AvgIpc) is 2.65. The molecule has 27 heavy (non-hydrogen) atoms. The van der Waals surface area contributed by atoms with Crippen LogP contribution in [0.15, 0.2) is 35.2 Å². The zero-order chi connectivity index (χ0) is 18.9. The van der Waals surface area contributed by atoms with Crippen molar-refractivity contribution in [3.63, 3.8) is 0 Å². The smallest absolute Gasteiger partial charge is 0.296 e. The lowest BCUT2D eigenvalue weighted by Gasteiger charge is -2.06. The number of hydrogen-bond acceptors (Lipinski definition) is 4. The van der Waals surface area contributed by atoms with Gasteiger partial charge in [-0.1, -0.05) is 109 Å². The van der Waals surface area contributed by atoms with Crippen LogP contribution in [0.25, 0.3) is 0 Å². The van der Waals surface area contributed by atoms with Crippen molar-refractivity contribution in [1.29, 1.82) is 0 Å². The highest BCUT2D eigenvalue weighted by atomic mass is 32.2. The van der Waals surface area contributed by atoms with E-state index in [1.54, 1.807) is 30.3 Å². The molecule has 0 fully saturated rings. The molecule has 0 atom stereocenters. The fraction of sp³-hybridized carbons (Fsp3) is 0.727. The summed E-state index contributed by atoms with van der Waals surface area (Å²) in [5.74, 6) is 0. The molecule has 0 aromatic heterocycles. The molecule has 5 heteroatoms. The Morgan fingerprint density at radius 1 is 0.667 bits per heavy atom. The fourth-order valence-corrected chi connectivity index (χ4v) is 4.08. The van der Waals surface area contributed by atoms with Gasteiger partial charge in [0, 0.05) is 0 Å². The van der Waals surface area contributed by atoms with Crippen molar-refractivity contribution < 1.29 is 12.6 Å². The highest BCUT2D eigenvalue weighted by Gasteiger charge is 2.13. The third-order valence-corrected chi connectivity index (χ3v) is 6.09. The largest absolute Gasteiger partial charge is 0.344 e. The van der Waals surface area contributed by atoms with E-state index in [2.05, 4.69) is 6.92 Å². The molecule has 0 aliphatic rings. The SMILES string of the molecule is CCCCCCCCCCCCCCCCOS(=O)(=O)c1ccccc1.N. The van der Waals surface area contributed by atoms with Gasteiger partial charge in [-0.2, -0.15) is 8.42 Å². The van der Waals surface area contributed by atoms with Crippen LogP contribution in [0, 0.1) is 0 Å². The second-order valence-electron chi connectivity index (χ2n) is 7.19. The normalized spacial score (nSPS) is 11.3. The minimum absolute atomic E-state index is 0. The quantitative estimate of drug-likeness (QED) is 0.225. The van der Waals surface area contributed by atoms with Crippen LogP contribution in [-0.4, -0.2) is 15.0 Å². The van der Waals surface area contributed by atoms with Crippen molar-refractivity contribution in [1.82, 2.24) is 6.15 Å². The Morgan fingerprint density at radius 2 is 1.07 bits per heavy atom. The Balaban J connectivity index is 0.00000676. The minimum Gasteiger partial charge on any atom is -0.344 e. The van der Waals surface area contributed by atoms with Gasteiger partial charge in [-0.15, -0.1) is 0 Å². The van der Waals surface area contributed by atoms with Crippen LogP contribution in [-0.2, 0) is 14.3 Å². The van der Waals surface area contributed by atoms with E-state index in [0.717, 1.165) is 12.8 Å². The lowest BCUT2D eigenvalue weighted by Crippen LogP contribution is -2.07. The van der Waals surface area contributed by atoms with Crippen LogP contribution in [0.2, 0.25) is 0 Å². The summed E-state index contributed by atoms with van der Waals surface area (Å²) >= 11 is 0. The molecule has 0 spiro atoms. The van der Waals surface area contributed by atoms with Gasteiger partial charge in [0.2, 0.25) is 0 Å². The lowest BCUT2D eigenvalue weighted by molar-refractivity contribution is 0.306. The molecule has 3 N–H and O–H groups in total. The van der Waals surface area contributed by atoms with E-state index in [1.807, 2.05) is 0 Å². The first-order valence-electron chi connectivity index (χ1n) is 10.6. The van der Waals surface area contributed by atoms with E-state index in [1.165, 1.54) is 77.0 Å². The molecule has 0 aliphatic heterocycles. The van der Waals surface area contributed by atoms with E-state index in [-0.39, 0.29) is 17.7 Å². The summed E-state index contributed by atoms with van der Waals surface area (Å²) < 4.78 is 29.0. The van der Waals surface area contributed by atoms with Gasteiger partial charge < -0.3 is 6.15 Å². The zero-order valence-electron chi connectivity index (χ0n) is 17.3. The van der Waals surface area contributed by atoms with E-state index in [0.29, 0.717) is 0 Å². The predicted octanol–water partition coefficient (Wildman–Crippen LogP) is 7.04. The molecule has 0 bridgehead atoms. The van der Waals surface area contributed by atoms with Gasteiger partial charge in [0.05, 0.1) is 11.5 Å². The van der Waals surface area contributed by atoms with Crippen LogP contribution in [0.5, 0.6) is 0 Å². The maximum absolute atomic E-state index is 11.9. The highest BCUT2D eigenvalue weighted by Crippen LogP contribution is 2.14. The second kappa shape index (κ2) is 17.2. The Morgan fingerprint density at radius 3 is 1.52 bits per heavy atom. The molecule has 1 rings (SSSR count). The second-order valence-corrected chi connectivity index (χ2v) is 8.80. The summed E-state index contributed by atoms with van der Waals surface area (Å²) in [5, 5.41) is 0. The Hall–Kier alpha value is -0.910. The first-order chi connectivity index (χ1) is 12.7. The van der Waals surface area contributed by atoms with Crippen molar-refractivity contribution >= 4 is 10.1 Å². The highest BCUT2D eigenvalue weighted by molar-refractivity contribution is 7.86. The van der Waals surface area contributed by atoms with Crippen LogP contribution in [0.3, 0.4) is 0 Å². The molecule has 0 saturated heterocycles. The van der Waals surface area contributed by atoms with Gasteiger partial charge in [-0.3, -0.25) is 4.18 Å². The van der Waals surface area contributed by atoms with E-state index >= 15 is 0 Å². The molecular formula is C22H41NO3S. The summed E-state index contributed by atoms with van der Waals surface area (Å²) in [4.78, 5) is 0.241. The summed E-state index contributed by atoms with van der Waals surface area (Å²) in [5.41, 5.74) is 0. The van der Waals surface area contributed by atoms with Crippen molar-refractivity contribution in [2.45, 2.75) is 102 Å². The molecule has 0 amide bonds. The van der Waals surface area contributed by atoms with Crippen molar-refractivity contribution in [3.8, 4) is 0 Å². The van der Waals surface area contributed by atoms with Crippen molar-refractivity contribution in [2.75, 3.05) is 6.61 Å². The molecule has 0 aliphatic carbocycles. The molecule has 158 valence electrons. The van der Waals surface area contributed by atoms with Gasteiger partial charge in [0.1, 0.15) is 0 Å². The average molecular weight is 400 g/mol. The lowest BCUT2D eigenvalue weighted by atomic mass is 10.0. The van der Waals surface area contributed by atoms with Gasteiger partial charge in [-0.25, -0.2) is 0 Å². The Kier molecular flexibility index (Phi) is 16.6. The third kappa shape index (κ3) is 13.8. The van der Waals surface area contributed by atoms with Crippen LogP contribution in [0.1, 0.15) is 96.8 Å². The number of rotatable bonds is 17. The van der Waals surface area contributed by atoms with Crippen LogP contribution < -0.4 is 6.15 Å². The first kappa shape index (κ1) is 26.1. The van der Waals surface area contributed by atoms with Gasteiger partial charge in [-0.05, 0) is 18.6 Å². The van der Waals surface area contributed by atoms with E-state index < -0.39 is 10.1 Å². The van der Waals surface area contributed by atoms with Gasteiger partial charge in [0.25, 0.3) is 10.1 Å². The fourth-order valence-electron chi connectivity index (χ4n) is 3.12. The Bertz CT molecular complexity index is 532. The van der Waals surface area contributed by atoms with E-state index in [9.17, 15) is 8.42 Å². The number of hydrogen-bond donors (Lipinski definition) is 1. The maximum atomic E-state index is 11.9. The van der Waals surface area contributed by atoms with Crippen LogP contribution in [0.4, 0.5) is 0 Å². The third-order valence-electron chi connectivity index (χ3n) is 4.77. The zero-order valence-corrected chi connectivity index (χ0v) is 18.1. The maximum Gasteiger partial charge on any atom is 0.296 e. The van der Waals surface area contributed by atoms with Gasteiger partial charge in [0.15, 0.2) is 0 Å². The summed E-state index contributed by atoms with van der Waals surface area (Å²) in [7, 11) is -3.58. The molecule has 0 unspecified atom stereocenters. The van der Waals surface area contributed by atoms with Crippen LogP contribution >= 0.6 is 0 Å².